The van der Waals surface area contributed by atoms with Crippen molar-refractivity contribution >= 4 is 5.97 Å². The van der Waals surface area contributed by atoms with E-state index in [0.29, 0.717) is 0 Å². The molecule has 0 heterocycles. The van der Waals surface area contributed by atoms with Gasteiger partial charge >= 0.3 is 5.97 Å². The largest absolute Gasteiger partial charge is 0.478 e. The maximum Gasteiger partial charge on any atom is 0.327 e. The molecule has 1 N–H and O–H groups in total. The summed E-state index contributed by atoms with van der Waals surface area (Å²) in [5.41, 5.74) is 0. The molecule has 0 atom stereocenters. The number of rotatable bonds is 4. The molecule has 0 aliphatic heterocycles. The van der Waals surface area contributed by atoms with E-state index in [1.54, 1.807) is 0 Å². The predicted octanol–water partition coefficient (Wildman–Crippen LogP) is 2.62. The Hall–Kier alpha value is -1.05. The molecular weight excluding hydrogens is 140 g/mol. The minimum atomic E-state index is -0.981. The maximum absolute atomic E-state index is 9.25. The van der Waals surface area contributed by atoms with E-state index >= 15 is 0 Å². The van der Waals surface area contributed by atoms with Gasteiger partial charge in [-0.1, -0.05) is 32.4 Å². The minimum absolute atomic E-state index is 0.833. The van der Waals surface area contributed by atoms with Gasteiger partial charge < -0.3 is 5.11 Å². The summed E-state index contributed by atoms with van der Waals surface area (Å²) in [6, 6.07) is 0. The minimum Gasteiger partial charge on any atom is -0.478 e. The first kappa shape index (κ1) is 12.6. The SMILES string of the molecule is C=CC(=O)O.C=CCCCC. The van der Waals surface area contributed by atoms with Crippen LogP contribution in [0.3, 0.4) is 0 Å². The Balaban J connectivity index is 0. The highest BCUT2D eigenvalue weighted by atomic mass is 16.4. The van der Waals surface area contributed by atoms with Crippen LogP contribution in [0, 0.1) is 0 Å². The number of unbranched alkanes of at least 4 members (excludes halogenated alkanes) is 2. The van der Waals surface area contributed by atoms with Crippen LogP contribution in [0.1, 0.15) is 26.2 Å². The van der Waals surface area contributed by atoms with E-state index in [4.69, 9.17) is 5.11 Å². The molecule has 0 rings (SSSR count). The van der Waals surface area contributed by atoms with E-state index in [2.05, 4.69) is 20.1 Å². The van der Waals surface area contributed by atoms with Crippen LogP contribution in [-0.2, 0) is 4.79 Å². The molecule has 0 fully saturated rings. The number of hydrogen-bond acceptors (Lipinski definition) is 1. The Bertz CT molecular complexity index is 117. The van der Waals surface area contributed by atoms with Gasteiger partial charge in [0, 0.05) is 6.08 Å². The molecule has 0 aromatic carbocycles. The molecule has 2 heteroatoms. The number of carboxylic acid groups (broad SMARTS) is 1. The number of carboxylic acids is 1. The molecule has 11 heavy (non-hydrogen) atoms. The Morgan fingerprint density at radius 3 is 2.09 bits per heavy atom. The first-order chi connectivity index (χ1) is 5.18. The summed E-state index contributed by atoms with van der Waals surface area (Å²) >= 11 is 0. The van der Waals surface area contributed by atoms with E-state index in [0.717, 1.165) is 6.08 Å². The summed E-state index contributed by atoms with van der Waals surface area (Å²) in [5, 5.41) is 7.60. The van der Waals surface area contributed by atoms with Crippen LogP contribution in [0.15, 0.2) is 25.3 Å². The van der Waals surface area contributed by atoms with E-state index in [1.807, 2.05) is 6.08 Å². The van der Waals surface area contributed by atoms with Crippen molar-refractivity contribution in [1.82, 2.24) is 0 Å². The Morgan fingerprint density at radius 1 is 1.55 bits per heavy atom. The Kier molecular flexibility index (Phi) is 13.4. The molecular formula is C9H16O2. The summed E-state index contributed by atoms with van der Waals surface area (Å²) in [6.45, 7) is 8.74. The zero-order chi connectivity index (χ0) is 9.11. The van der Waals surface area contributed by atoms with Crippen LogP contribution in [-0.4, -0.2) is 11.1 Å². The van der Waals surface area contributed by atoms with Crippen molar-refractivity contribution in [3.05, 3.63) is 25.3 Å². The highest BCUT2D eigenvalue weighted by molar-refractivity contribution is 5.78. The van der Waals surface area contributed by atoms with Crippen molar-refractivity contribution in [3.63, 3.8) is 0 Å². The fourth-order valence-corrected chi connectivity index (χ4v) is 0.348. The first-order valence-corrected chi connectivity index (χ1v) is 3.65. The second-order valence-corrected chi connectivity index (χ2v) is 1.97. The lowest BCUT2D eigenvalue weighted by Crippen LogP contribution is -1.82. The third-order valence-electron chi connectivity index (χ3n) is 0.936. The molecule has 0 saturated heterocycles. The van der Waals surface area contributed by atoms with Gasteiger partial charge in [0.1, 0.15) is 0 Å². The van der Waals surface area contributed by atoms with E-state index in [1.165, 1.54) is 19.3 Å². The summed E-state index contributed by atoms with van der Waals surface area (Å²) in [7, 11) is 0. The van der Waals surface area contributed by atoms with Gasteiger partial charge in [0.15, 0.2) is 0 Å². The molecule has 0 aromatic heterocycles. The van der Waals surface area contributed by atoms with E-state index < -0.39 is 5.97 Å². The molecule has 0 unspecified atom stereocenters. The molecule has 0 bridgehead atoms. The normalized spacial score (nSPS) is 7.36. The number of hydrogen-bond donors (Lipinski definition) is 1. The highest BCUT2D eigenvalue weighted by Crippen LogP contribution is 1.91. The van der Waals surface area contributed by atoms with Crippen LogP contribution in [0.2, 0.25) is 0 Å². The fourth-order valence-electron chi connectivity index (χ4n) is 0.348. The first-order valence-electron chi connectivity index (χ1n) is 3.65. The molecule has 0 spiro atoms. The van der Waals surface area contributed by atoms with Crippen molar-refractivity contribution in [2.75, 3.05) is 0 Å². The second-order valence-electron chi connectivity index (χ2n) is 1.97. The van der Waals surface area contributed by atoms with Crippen LogP contribution < -0.4 is 0 Å². The topological polar surface area (TPSA) is 37.3 Å². The molecule has 0 aliphatic carbocycles. The van der Waals surface area contributed by atoms with Gasteiger partial charge in [-0.15, -0.1) is 6.58 Å². The van der Waals surface area contributed by atoms with Gasteiger partial charge in [0.05, 0.1) is 0 Å². The molecule has 0 aliphatic rings. The van der Waals surface area contributed by atoms with Crippen molar-refractivity contribution < 1.29 is 9.90 Å². The second kappa shape index (κ2) is 11.7. The van der Waals surface area contributed by atoms with Gasteiger partial charge in [-0.2, -0.15) is 0 Å². The lowest BCUT2D eigenvalue weighted by Gasteiger charge is -1.81. The predicted molar refractivity (Wildman–Crippen MR) is 47.6 cm³/mol. The molecule has 2 nitrogen and oxygen atoms in total. The van der Waals surface area contributed by atoms with E-state index in [-0.39, 0.29) is 0 Å². The van der Waals surface area contributed by atoms with Gasteiger partial charge in [-0.25, -0.2) is 4.79 Å². The highest BCUT2D eigenvalue weighted by Gasteiger charge is 1.73. The summed E-state index contributed by atoms with van der Waals surface area (Å²) in [4.78, 5) is 9.25. The van der Waals surface area contributed by atoms with Gasteiger partial charge in [-0.05, 0) is 6.42 Å². The lowest BCUT2D eigenvalue weighted by molar-refractivity contribution is -0.131. The molecule has 0 aromatic rings. The maximum atomic E-state index is 9.25. The third-order valence-corrected chi connectivity index (χ3v) is 0.936. The summed E-state index contributed by atoms with van der Waals surface area (Å²) < 4.78 is 0. The summed E-state index contributed by atoms with van der Waals surface area (Å²) in [5.74, 6) is -0.981. The lowest BCUT2D eigenvalue weighted by atomic mass is 10.3. The summed E-state index contributed by atoms with van der Waals surface area (Å²) in [6.07, 6.45) is 6.55. The van der Waals surface area contributed by atoms with Gasteiger partial charge in [0.2, 0.25) is 0 Å². The average molecular weight is 156 g/mol. The number of allylic oxidation sites excluding steroid dienone is 1. The van der Waals surface area contributed by atoms with Gasteiger partial charge in [0.25, 0.3) is 0 Å². The van der Waals surface area contributed by atoms with Crippen LogP contribution in [0.25, 0.3) is 0 Å². The van der Waals surface area contributed by atoms with Gasteiger partial charge in [-0.3, -0.25) is 0 Å². The van der Waals surface area contributed by atoms with Crippen molar-refractivity contribution in [2.24, 2.45) is 0 Å². The average Bonchev–Trinajstić information content (AvgIpc) is 2.02. The van der Waals surface area contributed by atoms with Crippen molar-refractivity contribution in [3.8, 4) is 0 Å². The van der Waals surface area contributed by atoms with Crippen LogP contribution in [0.5, 0.6) is 0 Å². The smallest absolute Gasteiger partial charge is 0.327 e. The van der Waals surface area contributed by atoms with Crippen molar-refractivity contribution in [1.29, 1.82) is 0 Å². The third kappa shape index (κ3) is 27.7. The Labute approximate surface area is 68.2 Å². The standard InChI is InChI=1S/C6H12.C3H4O2/c1-3-5-6-4-2;1-2-3(4)5/h3H,1,4-6H2,2H3;2H,1H2,(H,4,5). The molecule has 0 saturated carbocycles. The molecule has 0 amide bonds. The van der Waals surface area contributed by atoms with Crippen molar-refractivity contribution in [2.45, 2.75) is 26.2 Å². The zero-order valence-corrected chi connectivity index (χ0v) is 7.05. The van der Waals surface area contributed by atoms with Crippen LogP contribution >= 0.6 is 0 Å². The van der Waals surface area contributed by atoms with Crippen LogP contribution in [0.4, 0.5) is 0 Å². The number of aliphatic carboxylic acids is 1. The Morgan fingerprint density at radius 2 is 2.00 bits per heavy atom. The fraction of sp³-hybridized carbons (Fsp3) is 0.444. The molecule has 0 radical (unpaired) electrons. The molecule has 64 valence electrons. The van der Waals surface area contributed by atoms with E-state index in [9.17, 15) is 4.79 Å². The quantitative estimate of drug-likeness (QED) is 0.386. The monoisotopic (exact) mass is 156 g/mol. The number of carbonyl (C=O) groups is 1. The zero-order valence-electron chi connectivity index (χ0n) is 7.05.